The first-order chi connectivity index (χ1) is 13.3. The molecule has 1 fully saturated rings. The zero-order valence-electron chi connectivity index (χ0n) is 14.8. The third kappa shape index (κ3) is 4.78. The molecular formula is C19H19BrFN3O4. The van der Waals surface area contributed by atoms with Crippen molar-refractivity contribution in [1.29, 1.82) is 0 Å². The zero-order valence-corrected chi connectivity index (χ0v) is 16.4. The number of nitrogens with zero attached hydrogens (tertiary/aromatic N) is 2. The van der Waals surface area contributed by atoms with Crippen LogP contribution in [-0.4, -0.2) is 52.2 Å². The van der Waals surface area contributed by atoms with Crippen molar-refractivity contribution in [2.45, 2.75) is 25.1 Å². The number of halogens is 2. The van der Waals surface area contributed by atoms with Gasteiger partial charge in [-0.25, -0.2) is 9.37 Å². The van der Waals surface area contributed by atoms with Crippen molar-refractivity contribution in [2.24, 2.45) is 5.73 Å². The second-order valence-corrected chi connectivity index (χ2v) is 7.32. The van der Waals surface area contributed by atoms with Crippen molar-refractivity contribution < 1.29 is 23.8 Å². The molecule has 0 unspecified atom stereocenters. The fraction of sp³-hybridized carbons (Fsp3) is 0.316. The summed E-state index contributed by atoms with van der Waals surface area (Å²) in [6, 6.07) is 7.73. The van der Waals surface area contributed by atoms with E-state index in [0.29, 0.717) is 11.1 Å². The number of likely N-dealkylation sites (tertiary alicyclic amines) is 1. The summed E-state index contributed by atoms with van der Waals surface area (Å²) in [5.41, 5.74) is 6.19. The number of piperidine rings is 1. The lowest BCUT2D eigenvalue weighted by molar-refractivity contribution is -0.134. The molecule has 2 amide bonds. The summed E-state index contributed by atoms with van der Waals surface area (Å²) >= 11 is 3.15. The quantitative estimate of drug-likeness (QED) is 0.677. The number of phenolic OH excluding ortho intramolecular Hbond substituents is 1. The van der Waals surface area contributed by atoms with E-state index in [4.69, 9.17) is 10.5 Å². The number of primary amides is 1. The normalized spacial score (nSPS) is 19.3. The van der Waals surface area contributed by atoms with Gasteiger partial charge >= 0.3 is 0 Å². The van der Waals surface area contributed by atoms with Gasteiger partial charge in [0.25, 0.3) is 5.91 Å². The number of pyridine rings is 1. The lowest BCUT2D eigenvalue weighted by Gasteiger charge is -2.35. The molecule has 148 valence electrons. The van der Waals surface area contributed by atoms with E-state index < -0.39 is 18.2 Å². The number of hydrogen-bond donors (Lipinski definition) is 2. The first-order valence-electron chi connectivity index (χ1n) is 8.65. The summed E-state index contributed by atoms with van der Waals surface area (Å²) in [4.78, 5) is 29.4. The number of nitrogens with two attached hydrogens (primary N) is 1. The van der Waals surface area contributed by atoms with Crippen LogP contribution >= 0.6 is 15.9 Å². The number of benzene rings is 1. The number of phenols is 1. The summed E-state index contributed by atoms with van der Waals surface area (Å²) in [5.74, 6) is -0.659. The molecule has 0 spiro atoms. The van der Waals surface area contributed by atoms with Gasteiger partial charge in [-0.2, -0.15) is 0 Å². The Morgan fingerprint density at radius 2 is 2.07 bits per heavy atom. The molecule has 1 saturated heterocycles. The van der Waals surface area contributed by atoms with Crippen LogP contribution in [0.4, 0.5) is 4.39 Å². The fourth-order valence-electron chi connectivity index (χ4n) is 3.01. The molecule has 7 nitrogen and oxygen atoms in total. The number of carbonyl (C=O) groups excluding carboxylic acids is 2. The maximum absolute atomic E-state index is 14.7. The number of rotatable bonds is 5. The summed E-state index contributed by atoms with van der Waals surface area (Å²) in [6.45, 7) is 0.231. The second-order valence-electron chi connectivity index (χ2n) is 6.51. The largest absolute Gasteiger partial charge is 0.508 e. The van der Waals surface area contributed by atoms with Crippen LogP contribution in [0.3, 0.4) is 0 Å². The molecule has 1 aliphatic rings. The van der Waals surface area contributed by atoms with Gasteiger partial charge in [-0.05, 0) is 39.7 Å². The summed E-state index contributed by atoms with van der Waals surface area (Å²) in [7, 11) is 0. The van der Waals surface area contributed by atoms with E-state index in [9.17, 15) is 19.1 Å². The maximum Gasteiger partial charge on any atom is 0.252 e. The van der Waals surface area contributed by atoms with Crippen LogP contribution in [0.2, 0.25) is 0 Å². The predicted molar refractivity (Wildman–Crippen MR) is 103 cm³/mol. The number of alkyl halides is 1. The van der Waals surface area contributed by atoms with E-state index in [1.165, 1.54) is 29.3 Å². The monoisotopic (exact) mass is 451 g/mol. The third-order valence-corrected chi connectivity index (χ3v) is 4.94. The smallest absolute Gasteiger partial charge is 0.252 e. The molecule has 2 atom stereocenters. The van der Waals surface area contributed by atoms with Crippen LogP contribution in [-0.2, 0) is 11.2 Å². The van der Waals surface area contributed by atoms with Crippen molar-refractivity contribution in [3.05, 3.63) is 52.3 Å². The van der Waals surface area contributed by atoms with Gasteiger partial charge in [0.15, 0.2) is 11.9 Å². The minimum Gasteiger partial charge on any atom is -0.508 e. The molecule has 2 heterocycles. The number of aromatic hydroxyl groups is 1. The predicted octanol–water partition coefficient (Wildman–Crippen LogP) is 2.21. The average Bonchev–Trinajstić information content (AvgIpc) is 2.66. The molecule has 3 N–H and O–H groups in total. The Labute approximate surface area is 169 Å². The van der Waals surface area contributed by atoms with Crippen molar-refractivity contribution in [2.75, 3.05) is 13.1 Å². The Morgan fingerprint density at radius 1 is 1.36 bits per heavy atom. The van der Waals surface area contributed by atoms with E-state index in [-0.39, 0.29) is 42.4 Å². The first kappa shape index (κ1) is 20.1. The van der Waals surface area contributed by atoms with Gasteiger partial charge in [0, 0.05) is 13.0 Å². The Bertz CT molecular complexity index is 878. The van der Waals surface area contributed by atoms with Crippen molar-refractivity contribution in [3.8, 4) is 11.5 Å². The average molecular weight is 452 g/mol. The highest BCUT2D eigenvalue weighted by molar-refractivity contribution is 9.10. The number of aromatic nitrogens is 1. The Kier molecular flexibility index (Phi) is 6.13. The van der Waals surface area contributed by atoms with Crippen LogP contribution in [0.1, 0.15) is 22.3 Å². The van der Waals surface area contributed by atoms with Crippen LogP contribution in [0, 0.1) is 0 Å². The fourth-order valence-corrected chi connectivity index (χ4v) is 3.34. The standard InChI is InChI=1S/C19H19BrFN3O4/c20-17-8-13(19(22)27)16(9-23-17)28-15-5-6-24(10-14(15)21)18(26)7-11-1-3-12(25)4-2-11/h1-4,8-9,14-15,25H,5-7,10H2,(H2,22,27)/t14-,15+/m0/s1. The topological polar surface area (TPSA) is 106 Å². The number of hydrogen-bond acceptors (Lipinski definition) is 5. The number of ether oxygens (including phenoxy) is 1. The highest BCUT2D eigenvalue weighted by atomic mass is 79.9. The van der Waals surface area contributed by atoms with Crippen molar-refractivity contribution in [3.63, 3.8) is 0 Å². The second kappa shape index (κ2) is 8.55. The molecule has 3 rings (SSSR count). The summed E-state index contributed by atoms with van der Waals surface area (Å²) in [5, 5.41) is 9.30. The highest BCUT2D eigenvalue weighted by Gasteiger charge is 2.33. The van der Waals surface area contributed by atoms with Crippen LogP contribution < -0.4 is 10.5 Å². The van der Waals surface area contributed by atoms with Crippen LogP contribution in [0.15, 0.2) is 41.1 Å². The summed E-state index contributed by atoms with van der Waals surface area (Å²) < 4.78 is 20.7. The van der Waals surface area contributed by atoms with Gasteiger partial charge in [0.2, 0.25) is 5.91 Å². The molecule has 9 heteroatoms. The number of amides is 2. The van der Waals surface area contributed by atoms with Gasteiger partial charge in [0.1, 0.15) is 16.5 Å². The van der Waals surface area contributed by atoms with Gasteiger partial charge in [-0.15, -0.1) is 0 Å². The van der Waals surface area contributed by atoms with Crippen LogP contribution in [0.5, 0.6) is 11.5 Å². The van der Waals surface area contributed by atoms with Gasteiger partial charge in [-0.3, -0.25) is 9.59 Å². The van der Waals surface area contributed by atoms with E-state index in [1.807, 2.05) is 0 Å². The first-order valence-corrected chi connectivity index (χ1v) is 9.44. The van der Waals surface area contributed by atoms with Crippen LogP contribution in [0.25, 0.3) is 0 Å². The summed E-state index contributed by atoms with van der Waals surface area (Å²) in [6.07, 6.45) is -0.502. The Morgan fingerprint density at radius 3 is 2.71 bits per heavy atom. The minimum atomic E-state index is -1.41. The molecular weight excluding hydrogens is 433 g/mol. The molecule has 1 aliphatic heterocycles. The van der Waals surface area contributed by atoms with Gasteiger partial charge in [-0.1, -0.05) is 12.1 Å². The Hall–Kier alpha value is -2.68. The molecule has 0 aliphatic carbocycles. The molecule has 28 heavy (non-hydrogen) atoms. The molecule has 2 aromatic rings. The van der Waals surface area contributed by atoms with Crippen molar-refractivity contribution >= 4 is 27.7 Å². The van der Waals surface area contributed by atoms with Gasteiger partial charge < -0.3 is 20.5 Å². The molecule has 0 bridgehead atoms. The maximum atomic E-state index is 14.7. The Balaban J connectivity index is 1.61. The molecule has 0 saturated carbocycles. The van der Waals surface area contributed by atoms with E-state index >= 15 is 0 Å². The van der Waals surface area contributed by atoms with E-state index in [0.717, 1.165) is 5.56 Å². The molecule has 0 radical (unpaired) electrons. The lowest BCUT2D eigenvalue weighted by atomic mass is 10.0. The lowest BCUT2D eigenvalue weighted by Crippen LogP contribution is -2.49. The highest BCUT2D eigenvalue weighted by Crippen LogP contribution is 2.26. The molecule has 1 aromatic carbocycles. The van der Waals surface area contributed by atoms with Crippen molar-refractivity contribution in [1.82, 2.24) is 9.88 Å². The SMILES string of the molecule is NC(=O)c1cc(Br)ncc1O[C@@H]1CCN(C(=O)Cc2ccc(O)cc2)C[C@@H]1F. The molecule has 1 aromatic heterocycles. The minimum absolute atomic E-state index is 0.0998. The zero-order chi connectivity index (χ0) is 20.3. The van der Waals surface area contributed by atoms with E-state index in [1.54, 1.807) is 12.1 Å². The third-order valence-electron chi connectivity index (χ3n) is 4.50. The van der Waals surface area contributed by atoms with E-state index in [2.05, 4.69) is 20.9 Å². The number of carbonyl (C=O) groups is 2. The van der Waals surface area contributed by atoms with Gasteiger partial charge in [0.05, 0.1) is 24.7 Å².